The zero-order valence-electron chi connectivity index (χ0n) is 10.0. The van der Waals surface area contributed by atoms with Gasteiger partial charge in [-0.2, -0.15) is 13.2 Å². The monoisotopic (exact) mass is 294 g/mol. The van der Waals surface area contributed by atoms with E-state index in [1.54, 1.807) is 0 Å². The Morgan fingerprint density at radius 1 is 1.32 bits per heavy atom. The number of carbonyl (C=O) groups excluding carboxylic acids is 1. The number of thioether (sulfide) groups is 1. The van der Waals surface area contributed by atoms with Crippen LogP contribution in [0.1, 0.15) is 24.2 Å². The zero-order chi connectivity index (χ0) is 14.6. The minimum atomic E-state index is -4.61. The molecule has 2 unspecified atom stereocenters. The molecule has 0 saturated carbocycles. The van der Waals surface area contributed by atoms with Crippen LogP contribution in [0.15, 0.2) is 24.3 Å². The van der Waals surface area contributed by atoms with Crippen molar-refractivity contribution in [1.29, 1.82) is 0 Å². The van der Waals surface area contributed by atoms with Crippen LogP contribution in [0, 0.1) is 0 Å². The lowest BCUT2D eigenvalue weighted by molar-refractivity contribution is -0.139. The van der Waals surface area contributed by atoms with Crippen LogP contribution in [0.2, 0.25) is 0 Å². The van der Waals surface area contributed by atoms with E-state index in [-0.39, 0.29) is 10.9 Å². The van der Waals surface area contributed by atoms with Gasteiger partial charge in [-0.3, -0.25) is 4.79 Å². The summed E-state index contributed by atoms with van der Waals surface area (Å²) in [5.41, 5.74) is -1.39. The zero-order valence-corrected chi connectivity index (χ0v) is 10.8. The third-order valence-electron chi connectivity index (χ3n) is 2.41. The highest BCUT2D eigenvalue weighted by Crippen LogP contribution is 2.35. The molecule has 0 amide bonds. The molecule has 1 rings (SSSR count). The van der Waals surface area contributed by atoms with Gasteiger partial charge in [0.25, 0.3) is 0 Å². The van der Waals surface area contributed by atoms with Crippen molar-refractivity contribution in [3.63, 3.8) is 0 Å². The average Bonchev–Trinajstić information content (AvgIpc) is 2.34. The SMILES string of the molecule is CC(=O)SCC(O)C(O)c1ccccc1C(F)(F)F. The molecule has 1 aromatic carbocycles. The molecule has 0 fully saturated rings. The molecule has 106 valence electrons. The minimum Gasteiger partial charge on any atom is -0.389 e. The predicted molar refractivity (Wildman–Crippen MR) is 65.5 cm³/mol. The van der Waals surface area contributed by atoms with Crippen molar-refractivity contribution in [3.8, 4) is 0 Å². The summed E-state index contributed by atoms with van der Waals surface area (Å²) in [5, 5.41) is 19.1. The highest BCUT2D eigenvalue weighted by Gasteiger charge is 2.36. The van der Waals surface area contributed by atoms with Crippen molar-refractivity contribution in [2.75, 3.05) is 5.75 Å². The first-order valence-electron chi connectivity index (χ1n) is 5.39. The number of hydrogen-bond acceptors (Lipinski definition) is 4. The molecule has 19 heavy (non-hydrogen) atoms. The maximum atomic E-state index is 12.7. The molecule has 0 heterocycles. The largest absolute Gasteiger partial charge is 0.416 e. The van der Waals surface area contributed by atoms with Gasteiger partial charge in [-0.05, 0) is 11.6 Å². The first-order valence-corrected chi connectivity index (χ1v) is 6.37. The molecule has 0 spiro atoms. The quantitative estimate of drug-likeness (QED) is 0.895. The van der Waals surface area contributed by atoms with E-state index in [2.05, 4.69) is 0 Å². The van der Waals surface area contributed by atoms with E-state index in [1.807, 2.05) is 0 Å². The summed E-state index contributed by atoms with van der Waals surface area (Å²) < 4.78 is 38.2. The van der Waals surface area contributed by atoms with E-state index in [0.717, 1.165) is 23.9 Å². The molecular formula is C12H13F3O3S. The topological polar surface area (TPSA) is 57.5 Å². The molecule has 1 aromatic rings. The van der Waals surface area contributed by atoms with Gasteiger partial charge >= 0.3 is 6.18 Å². The standard InChI is InChI=1S/C12H13F3O3S/c1-7(16)19-6-10(17)11(18)8-4-2-3-5-9(8)12(13,14)15/h2-5,10-11,17-18H,6H2,1H3. The number of benzene rings is 1. The van der Waals surface area contributed by atoms with Gasteiger partial charge in [0.15, 0.2) is 5.12 Å². The minimum absolute atomic E-state index is 0.164. The number of aliphatic hydroxyl groups excluding tert-OH is 2. The third kappa shape index (κ3) is 4.52. The molecule has 0 radical (unpaired) electrons. The highest BCUT2D eigenvalue weighted by molar-refractivity contribution is 8.13. The fourth-order valence-electron chi connectivity index (χ4n) is 1.51. The second kappa shape index (κ2) is 6.40. The van der Waals surface area contributed by atoms with Crippen LogP contribution in [0.4, 0.5) is 13.2 Å². The summed E-state index contributed by atoms with van der Waals surface area (Å²) in [6.45, 7) is 1.27. The number of carbonyl (C=O) groups is 1. The summed E-state index contributed by atoms with van der Waals surface area (Å²) in [4.78, 5) is 10.7. The van der Waals surface area contributed by atoms with Gasteiger partial charge in [-0.25, -0.2) is 0 Å². The summed E-state index contributed by atoms with van der Waals surface area (Å²) in [6, 6.07) is 4.49. The van der Waals surface area contributed by atoms with Crippen molar-refractivity contribution in [2.45, 2.75) is 25.3 Å². The molecule has 3 nitrogen and oxygen atoms in total. The summed E-state index contributed by atoms with van der Waals surface area (Å²) in [7, 11) is 0. The van der Waals surface area contributed by atoms with Crippen molar-refractivity contribution in [3.05, 3.63) is 35.4 Å². The first-order chi connectivity index (χ1) is 8.73. The van der Waals surface area contributed by atoms with Gasteiger partial charge in [-0.15, -0.1) is 0 Å². The van der Waals surface area contributed by atoms with E-state index in [9.17, 15) is 28.2 Å². The fourth-order valence-corrected chi connectivity index (χ4v) is 2.10. The molecule has 7 heteroatoms. The lowest BCUT2D eigenvalue weighted by atomic mass is 9.99. The van der Waals surface area contributed by atoms with E-state index in [1.165, 1.54) is 19.1 Å². The Labute approximate surface area is 112 Å². The van der Waals surface area contributed by atoms with Crippen LogP contribution < -0.4 is 0 Å². The Morgan fingerprint density at radius 2 is 1.89 bits per heavy atom. The predicted octanol–water partition coefficient (Wildman–Crippen LogP) is 2.38. The average molecular weight is 294 g/mol. The normalized spacial score (nSPS) is 15.1. The van der Waals surface area contributed by atoms with E-state index in [4.69, 9.17) is 0 Å². The summed E-state index contributed by atoms with van der Waals surface area (Å²) in [6.07, 6.45) is -7.74. The van der Waals surface area contributed by atoms with E-state index >= 15 is 0 Å². The smallest absolute Gasteiger partial charge is 0.389 e. The first kappa shape index (κ1) is 16.0. The highest BCUT2D eigenvalue weighted by atomic mass is 32.2. The van der Waals surface area contributed by atoms with Crippen molar-refractivity contribution in [1.82, 2.24) is 0 Å². The van der Waals surface area contributed by atoms with Crippen molar-refractivity contribution >= 4 is 16.9 Å². The fraction of sp³-hybridized carbons (Fsp3) is 0.417. The van der Waals surface area contributed by atoms with Crippen molar-refractivity contribution in [2.24, 2.45) is 0 Å². The Morgan fingerprint density at radius 3 is 2.42 bits per heavy atom. The Hall–Kier alpha value is -1.05. The number of rotatable bonds is 4. The molecule has 2 N–H and O–H groups in total. The van der Waals surface area contributed by atoms with Crippen LogP contribution >= 0.6 is 11.8 Å². The second-order valence-corrected chi connectivity index (χ2v) is 5.10. The van der Waals surface area contributed by atoms with Crippen LogP contribution in [-0.4, -0.2) is 27.2 Å². The molecule has 0 bridgehead atoms. The van der Waals surface area contributed by atoms with E-state index < -0.39 is 29.5 Å². The van der Waals surface area contributed by atoms with Gasteiger partial charge in [0.05, 0.1) is 11.7 Å². The number of hydrogen-bond donors (Lipinski definition) is 2. The molecule has 0 saturated heterocycles. The Bertz CT molecular complexity index is 448. The Kier molecular flexibility index (Phi) is 5.39. The lowest BCUT2D eigenvalue weighted by Crippen LogP contribution is -2.24. The van der Waals surface area contributed by atoms with Crippen LogP contribution in [0.5, 0.6) is 0 Å². The second-order valence-electron chi connectivity index (χ2n) is 3.90. The van der Waals surface area contributed by atoms with Gasteiger partial charge in [0.1, 0.15) is 6.10 Å². The van der Waals surface area contributed by atoms with E-state index in [0.29, 0.717) is 0 Å². The van der Waals surface area contributed by atoms with Gasteiger partial charge < -0.3 is 10.2 Å². The van der Waals surface area contributed by atoms with Crippen LogP contribution in [0.3, 0.4) is 0 Å². The lowest BCUT2D eigenvalue weighted by Gasteiger charge is -2.21. The summed E-state index contributed by atoms with van der Waals surface area (Å²) in [5.74, 6) is -0.164. The molecule has 0 aromatic heterocycles. The number of aliphatic hydroxyl groups is 2. The van der Waals surface area contributed by atoms with Crippen LogP contribution in [-0.2, 0) is 11.0 Å². The summed E-state index contributed by atoms with van der Waals surface area (Å²) >= 11 is 0.746. The molecule has 2 atom stereocenters. The molecular weight excluding hydrogens is 281 g/mol. The maximum absolute atomic E-state index is 12.7. The van der Waals surface area contributed by atoms with Gasteiger partial charge in [0.2, 0.25) is 0 Å². The van der Waals surface area contributed by atoms with Gasteiger partial charge in [-0.1, -0.05) is 30.0 Å². The molecule has 0 aliphatic carbocycles. The molecule has 0 aliphatic heterocycles. The third-order valence-corrected chi connectivity index (χ3v) is 3.32. The number of alkyl halides is 3. The number of halogens is 3. The van der Waals surface area contributed by atoms with Crippen LogP contribution in [0.25, 0.3) is 0 Å². The molecule has 0 aliphatic rings. The maximum Gasteiger partial charge on any atom is 0.416 e. The van der Waals surface area contributed by atoms with Gasteiger partial charge in [0, 0.05) is 12.7 Å². The Balaban J connectivity index is 2.93. The van der Waals surface area contributed by atoms with Crippen molar-refractivity contribution < 1.29 is 28.2 Å².